The molecule has 2 aliphatic heterocycles. The molecule has 216 valence electrons. The molecule has 8 heteroatoms. The summed E-state index contributed by atoms with van der Waals surface area (Å²) in [6.45, 7) is 17.5. The monoisotopic (exact) mass is 545 g/mol. The van der Waals surface area contributed by atoms with Crippen LogP contribution in [-0.2, 0) is 26.2 Å². The molecule has 8 nitrogen and oxygen atoms in total. The van der Waals surface area contributed by atoms with E-state index in [0.29, 0.717) is 23.8 Å². The number of carbonyl (C=O) groups excluding carboxylic acids is 1. The summed E-state index contributed by atoms with van der Waals surface area (Å²) in [5, 5.41) is 0. The molecule has 0 bridgehead atoms. The van der Waals surface area contributed by atoms with E-state index < -0.39 is 0 Å². The quantitative estimate of drug-likeness (QED) is 0.365. The summed E-state index contributed by atoms with van der Waals surface area (Å²) in [7, 11) is 0. The van der Waals surface area contributed by atoms with Crippen LogP contribution in [0.1, 0.15) is 74.5 Å². The van der Waals surface area contributed by atoms with Gasteiger partial charge in [-0.3, -0.25) is 9.69 Å². The fourth-order valence-corrected chi connectivity index (χ4v) is 6.45. The highest BCUT2D eigenvalue weighted by molar-refractivity contribution is 5.94. The fraction of sp³-hybridized carbons (Fsp3) is 0.594. The van der Waals surface area contributed by atoms with Crippen LogP contribution >= 0.6 is 0 Å². The number of piperidine rings is 1. The first kappa shape index (κ1) is 28.6. The second-order valence-corrected chi connectivity index (χ2v) is 12.9. The minimum absolute atomic E-state index is 0.177. The molecular weight excluding hydrogens is 498 g/mol. The third-order valence-electron chi connectivity index (χ3n) is 8.53. The number of hydrogen-bond donors (Lipinski definition) is 1. The zero-order chi connectivity index (χ0) is 28.1. The highest BCUT2D eigenvalue weighted by Crippen LogP contribution is 2.41. The molecule has 5 rings (SSSR count). The average molecular weight is 546 g/mol. The van der Waals surface area contributed by atoms with E-state index in [1.807, 2.05) is 24.5 Å². The van der Waals surface area contributed by atoms with Crippen LogP contribution in [0, 0.1) is 17.3 Å². The number of H-pyrrole nitrogens is 1. The van der Waals surface area contributed by atoms with Crippen LogP contribution in [-0.4, -0.2) is 72.8 Å². The summed E-state index contributed by atoms with van der Waals surface area (Å²) < 4.78 is 2.25. The van der Waals surface area contributed by atoms with Crippen LogP contribution in [0.3, 0.4) is 0 Å². The molecular formula is C32H47N7O. The molecule has 2 fully saturated rings. The lowest BCUT2D eigenvalue weighted by Gasteiger charge is -2.39. The molecule has 40 heavy (non-hydrogen) atoms. The van der Waals surface area contributed by atoms with Gasteiger partial charge in [0.2, 0.25) is 0 Å². The first-order valence-corrected chi connectivity index (χ1v) is 15.1. The molecule has 2 aromatic heterocycles. The van der Waals surface area contributed by atoms with Crippen LogP contribution in [0.4, 0.5) is 0 Å². The van der Waals surface area contributed by atoms with Crippen molar-refractivity contribution in [2.75, 3.05) is 32.7 Å². The third-order valence-corrected chi connectivity index (χ3v) is 8.53. The number of benzene rings is 1. The molecule has 2 aliphatic rings. The van der Waals surface area contributed by atoms with Crippen molar-refractivity contribution in [2.45, 2.75) is 73.1 Å². The maximum Gasteiger partial charge on any atom is 0.253 e. The molecule has 0 aliphatic carbocycles. The van der Waals surface area contributed by atoms with Gasteiger partial charge in [0.25, 0.3) is 5.91 Å². The van der Waals surface area contributed by atoms with E-state index in [1.54, 1.807) is 6.20 Å². The molecule has 3 aromatic rings. The van der Waals surface area contributed by atoms with Crippen LogP contribution in [0.15, 0.2) is 49.1 Å². The number of aromatic nitrogens is 4. The van der Waals surface area contributed by atoms with Crippen molar-refractivity contribution in [1.29, 1.82) is 0 Å². The summed E-state index contributed by atoms with van der Waals surface area (Å²) in [6, 6.07) is 8.25. The number of nitrogens with zero attached hydrogens (tertiary/aromatic N) is 6. The molecule has 4 heterocycles. The number of amides is 1. The molecule has 0 radical (unpaired) electrons. The Morgan fingerprint density at radius 2 is 1.65 bits per heavy atom. The van der Waals surface area contributed by atoms with Crippen molar-refractivity contribution in [1.82, 2.24) is 34.2 Å². The van der Waals surface area contributed by atoms with E-state index in [1.165, 1.54) is 38.0 Å². The summed E-state index contributed by atoms with van der Waals surface area (Å²) in [6.07, 6.45) is 11.2. The van der Waals surface area contributed by atoms with E-state index in [9.17, 15) is 4.79 Å². The van der Waals surface area contributed by atoms with Crippen LogP contribution < -0.4 is 0 Å². The van der Waals surface area contributed by atoms with E-state index in [4.69, 9.17) is 0 Å². The van der Waals surface area contributed by atoms with Gasteiger partial charge in [0.1, 0.15) is 11.6 Å². The van der Waals surface area contributed by atoms with E-state index in [0.717, 1.165) is 56.4 Å². The van der Waals surface area contributed by atoms with Crippen molar-refractivity contribution in [3.8, 4) is 0 Å². The Kier molecular flexibility index (Phi) is 9.06. The van der Waals surface area contributed by atoms with Gasteiger partial charge < -0.3 is 19.4 Å². The van der Waals surface area contributed by atoms with E-state index in [-0.39, 0.29) is 5.91 Å². The normalized spacial score (nSPS) is 17.6. The maximum absolute atomic E-state index is 13.4. The van der Waals surface area contributed by atoms with Gasteiger partial charge in [0.15, 0.2) is 0 Å². The Labute approximate surface area is 239 Å². The number of carbonyl (C=O) groups is 1. The largest absolute Gasteiger partial charge is 0.348 e. The molecule has 0 saturated carbocycles. The molecule has 1 spiro atoms. The molecule has 1 amide bonds. The SMILES string of the molecule is CC(C)CN1CCC2(CC1)CCN(C(=O)c1ccc(CN(Cc3ncc[nH]3)Cc3nccn3CC(C)C)cc1)C2. The Hall–Kier alpha value is -2.97. The van der Waals surface area contributed by atoms with Crippen molar-refractivity contribution < 1.29 is 4.79 Å². The Morgan fingerprint density at radius 3 is 2.33 bits per heavy atom. The zero-order valence-electron chi connectivity index (χ0n) is 24.9. The first-order valence-electron chi connectivity index (χ1n) is 15.1. The van der Waals surface area contributed by atoms with Crippen molar-refractivity contribution in [3.63, 3.8) is 0 Å². The number of aromatic amines is 1. The Morgan fingerprint density at radius 1 is 0.925 bits per heavy atom. The van der Waals surface area contributed by atoms with Crippen LogP contribution in [0.5, 0.6) is 0 Å². The fourth-order valence-electron chi connectivity index (χ4n) is 6.45. The highest BCUT2D eigenvalue weighted by atomic mass is 16.2. The van der Waals surface area contributed by atoms with Crippen molar-refractivity contribution in [3.05, 3.63) is 71.8 Å². The number of nitrogens with one attached hydrogen (secondary N) is 1. The highest BCUT2D eigenvalue weighted by Gasteiger charge is 2.42. The van der Waals surface area contributed by atoms with Crippen molar-refractivity contribution in [2.24, 2.45) is 17.3 Å². The molecule has 0 atom stereocenters. The summed E-state index contributed by atoms with van der Waals surface area (Å²) >= 11 is 0. The lowest BCUT2D eigenvalue weighted by atomic mass is 9.77. The van der Waals surface area contributed by atoms with Gasteiger partial charge in [-0.25, -0.2) is 9.97 Å². The number of rotatable bonds is 11. The van der Waals surface area contributed by atoms with Gasteiger partial charge in [0, 0.05) is 63.1 Å². The number of likely N-dealkylation sites (tertiary alicyclic amines) is 2. The predicted octanol–water partition coefficient (Wildman–Crippen LogP) is 5.05. The topological polar surface area (TPSA) is 73.3 Å². The van der Waals surface area contributed by atoms with Gasteiger partial charge in [-0.2, -0.15) is 0 Å². The van der Waals surface area contributed by atoms with Crippen molar-refractivity contribution >= 4 is 5.91 Å². The van der Waals surface area contributed by atoms with Gasteiger partial charge in [-0.1, -0.05) is 39.8 Å². The molecule has 1 N–H and O–H groups in total. The minimum Gasteiger partial charge on any atom is -0.348 e. The minimum atomic E-state index is 0.177. The second kappa shape index (κ2) is 12.7. The smallest absolute Gasteiger partial charge is 0.253 e. The number of imidazole rings is 2. The first-order chi connectivity index (χ1) is 19.3. The van der Waals surface area contributed by atoms with Gasteiger partial charge in [-0.15, -0.1) is 0 Å². The molecule has 2 saturated heterocycles. The molecule has 0 unspecified atom stereocenters. The predicted molar refractivity (Wildman–Crippen MR) is 159 cm³/mol. The Bertz CT molecular complexity index is 1210. The molecule has 1 aromatic carbocycles. The van der Waals surface area contributed by atoms with Gasteiger partial charge in [-0.05, 0) is 67.3 Å². The van der Waals surface area contributed by atoms with Gasteiger partial charge in [0.05, 0.1) is 13.1 Å². The maximum atomic E-state index is 13.4. The Balaban J connectivity index is 1.20. The van der Waals surface area contributed by atoms with E-state index >= 15 is 0 Å². The third kappa shape index (κ3) is 7.21. The number of hydrogen-bond acceptors (Lipinski definition) is 5. The summed E-state index contributed by atoms with van der Waals surface area (Å²) in [5.74, 6) is 3.44. The standard InChI is InChI=1S/C32H47N7O/c1-25(2)19-36-15-9-32(10-16-36)11-17-39(24-32)31(40)28-7-5-27(6-8-28)21-37(22-29-33-12-13-34-29)23-30-35-14-18-38(30)20-26(3)4/h5-8,12-14,18,25-26H,9-11,15-17,19-24H2,1-4H3,(H,33,34). The lowest BCUT2D eigenvalue weighted by molar-refractivity contribution is 0.0709. The van der Waals surface area contributed by atoms with Crippen LogP contribution in [0.25, 0.3) is 0 Å². The average Bonchev–Trinajstić information content (AvgIpc) is 3.68. The van der Waals surface area contributed by atoms with Crippen LogP contribution in [0.2, 0.25) is 0 Å². The van der Waals surface area contributed by atoms with Gasteiger partial charge >= 0.3 is 0 Å². The van der Waals surface area contributed by atoms with E-state index in [2.05, 4.69) is 80.2 Å². The lowest BCUT2D eigenvalue weighted by Crippen LogP contribution is -2.43. The summed E-state index contributed by atoms with van der Waals surface area (Å²) in [4.78, 5) is 32.8. The zero-order valence-corrected chi connectivity index (χ0v) is 24.9. The second-order valence-electron chi connectivity index (χ2n) is 12.9. The summed E-state index contributed by atoms with van der Waals surface area (Å²) in [5.41, 5.74) is 2.29.